The second-order valence-electron chi connectivity index (χ2n) is 23.0. The van der Waals surface area contributed by atoms with Gasteiger partial charge in [0.05, 0.1) is 0 Å². The van der Waals surface area contributed by atoms with Crippen LogP contribution in [-0.2, 0) is 0 Å². The summed E-state index contributed by atoms with van der Waals surface area (Å²) in [5.41, 5.74) is -0.144. The van der Waals surface area contributed by atoms with E-state index in [1.54, 1.807) is 0 Å². The van der Waals surface area contributed by atoms with E-state index in [1.807, 2.05) is 0 Å². The maximum Gasteiger partial charge on any atom is 0.232 e. The third-order valence-corrected chi connectivity index (χ3v) is 15.6. The van der Waals surface area contributed by atoms with Gasteiger partial charge in [-0.2, -0.15) is 15.0 Å². The van der Waals surface area contributed by atoms with E-state index < -0.39 is 0 Å². The molecule has 0 amide bonds. The highest BCUT2D eigenvalue weighted by Gasteiger charge is 2.46. The van der Waals surface area contributed by atoms with Gasteiger partial charge in [0.25, 0.3) is 0 Å². The molecule has 0 aromatic carbocycles. The highest BCUT2D eigenvalue weighted by atomic mass is 15.4. The van der Waals surface area contributed by atoms with E-state index in [1.165, 1.54) is 0 Å². The maximum absolute atomic E-state index is 5.89. The molecule has 9 heteroatoms. The molecule has 60 heavy (non-hydrogen) atoms. The molecule has 3 aliphatic rings. The van der Waals surface area contributed by atoms with E-state index in [9.17, 15) is 0 Å². The Morgan fingerprint density at radius 2 is 0.750 bits per heavy atom. The largest absolute Gasteiger partial charge is 0.334 e. The zero-order valence-corrected chi connectivity index (χ0v) is 41.6. The van der Waals surface area contributed by atoms with E-state index in [0.29, 0.717) is 0 Å². The van der Waals surface area contributed by atoms with Crippen molar-refractivity contribution in [2.45, 2.75) is 234 Å². The predicted octanol–water partition coefficient (Wildman–Crippen LogP) is 11.0. The summed E-state index contributed by atoms with van der Waals surface area (Å²) in [7, 11) is 0. The van der Waals surface area contributed by atoms with Crippen LogP contribution >= 0.6 is 0 Å². The second kappa shape index (κ2) is 19.9. The zero-order valence-electron chi connectivity index (χ0n) is 41.6. The summed E-state index contributed by atoms with van der Waals surface area (Å²) >= 11 is 0. The maximum atomic E-state index is 5.89. The number of hydrogen-bond donors (Lipinski definition) is 3. The lowest BCUT2D eigenvalue weighted by Crippen LogP contribution is -2.60. The molecule has 6 atom stereocenters. The third kappa shape index (κ3) is 11.9. The molecule has 9 nitrogen and oxygen atoms in total. The van der Waals surface area contributed by atoms with Gasteiger partial charge >= 0.3 is 0 Å². The van der Waals surface area contributed by atoms with Gasteiger partial charge < -0.3 is 30.7 Å². The Kier molecular flexibility index (Phi) is 16.6. The first-order valence-electron chi connectivity index (χ1n) is 24.1. The number of piperidine rings is 3. The molecule has 342 valence electrons. The van der Waals surface area contributed by atoms with Crippen molar-refractivity contribution in [1.82, 2.24) is 30.9 Å². The van der Waals surface area contributed by atoms with Gasteiger partial charge in [-0.3, -0.25) is 0 Å². The molecule has 6 unspecified atom stereocenters. The lowest BCUT2D eigenvalue weighted by Gasteiger charge is -2.52. The Labute approximate surface area is 369 Å². The standard InChI is InChI=1S/C51H93N9/c1-19-25-40(46(7,8)22-4)58(37-28-31-52-49(13,14)34-37)43-55-44(59(38-29-32-53-50(15,16)35-38)41(26-20-2)47(9,10)23-5)57-45(56-43)60(39-30-33-54-51(17,18)36-39)42(27-21-3)48(11,12)24-6/h19-21,37-42,52-54H,1-3,22-36H2,4-18H3. The van der Waals surface area contributed by atoms with E-state index in [4.69, 9.17) is 15.0 Å². The van der Waals surface area contributed by atoms with E-state index in [2.05, 4.69) is 172 Å². The van der Waals surface area contributed by atoms with Gasteiger partial charge in [-0.05, 0) is 154 Å². The Morgan fingerprint density at radius 3 is 0.933 bits per heavy atom. The van der Waals surface area contributed by atoms with E-state index in [0.717, 1.165) is 115 Å². The fourth-order valence-corrected chi connectivity index (χ4v) is 10.7. The third-order valence-electron chi connectivity index (χ3n) is 15.6. The van der Waals surface area contributed by atoms with Crippen LogP contribution < -0.4 is 30.7 Å². The molecule has 3 aliphatic heterocycles. The van der Waals surface area contributed by atoms with Crippen LogP contribution in [0, 0.1) is 16.2 Å². The van der Waals surface area contributed by atoms with Crippen molar-refractivity contribution in [2.24, 2.45) is 16.2 Å². The molecule has 3 fully saturated rings. The second-order valence-corrected chi connectivity index (χ2v) is 23.0. The van der Waals surface area contributed by atoms with Gasteiger partial charge in [0.1, 0.15) is 0 Å². The minimum Gasteiger partial charge on any atom is -0.334 e. The van der Waals surface area contributed by atoms with Crippen LogP contribution in [0.25, 0.3) is 0 Å². The van der Waals surface area contributed by atoms with Crippen molar-refractivity contribution < 1.29 is 0 Å². The molecule has 3 N–H and O–H groups in total. The lowest BCUT2D eigenvalue weighted by atomic mass is 9.77. The molecule has 0 spiro atoms. The van der Waals surface area contributed by atoms with E-state index in [-0.39, 0.29) is 69.1 Å². The number of aromatic nitrogens is 3. The first kappa shape index (κ1) is 50.2. The first-order valence-corrected chi connectivity index (χ1v) is 24.1. The number of nitrogens with zero attached hydrogens (tertiary/aromatic N) is 6. The summed E-state index contributed by atoms with van der Waals surface area (Å²) in [4.78, 5) is 25.7. The summed E-state index contributed by atoms with van der Waals surface area (Å²) in [6.45, 7) is 51.7. The topological polar surface area (TPSA) is 84.5 Å². The van der Waals surface area contributed by atoms with Crippen LogP contribution in [0.15, 0.2) is 38.0 Å². The average molecular weight is 832 g/mol. The predicted molar refractivity (Wildman–Crippen MR) is 261 cm³/mol. The Balaban J connectivity index is 2.22. The van der Waals surface area contributed by atoms with Crippen molar-refractivity contribution in [3.63, 3.8) is 0 Å². The molecular weight excluding hydrogens is 739 g/mol. The van der Waals surface area contributed by atoms with Gasteiger partial charge in [-0.1, -0.05) is 80.5 Å². The highest BCUT2D eigenvalue weighted by Crippen LogP contribution is 2.44. The fraction of sp³-hybridized carbons (Fsp3) is 0.824. The Bertz CT molecular complexity index is 1370. The highest BCUT2D eigenvalue weighted by molar-refractivity contribution is 5.52. The number of rotatable bonds is 21. The summed E-state index contributed by atoms with van der Waals surface area (Å²) < 4.78 is 0. The normalized spacial score (nSPS) is 24.8. The number of anilines is 3. The Hall–Kier alpha value is -2.49. The summed E-state index contributed by atoms with van der Waals surface area (Å²) in [5, 5.41) is 11.5. The summed E-state index contributed by atoms with van der Waals surface area (Å²) in [6, 6.07) is 1.16. The molecule has 4 heterocycles. The fourth-order valence-electron chi connectivity index (χ4n) is 10.7. The van der Waals surface area contributed by atoms with Gasteiger partial charge in [0, 0.05) is 52.9 Å². The molecule has 0 bridgehead atoms. The van der Waals surface area contributed by atoms with Crippen molar-refractivity contribution >= 4 is 17.8 Å². The molecule has 0 radical (unpaired) electrons. The average Bonchev–Trinajstić information content (AvgIpc) is 3.16. The SMILES string of the molecule is C=CCC(N(c1nc(N(C2CCNC(C)(C)C2)C(CC=C)C(C)(C)CC)nc(N(C2CCNC(C)(C)C2)C(CC=C)C(C)(C)CC)n1)C1CCNC(C)(C)C1)C(C)(C)CC. The minimum atomic E-state index is -0.0289. The van der Waals surface area contributed by atoms with Crippen molar-refractivity contribution in [3.8, 4) is 0 Å². The molecule has 3 saturated heterocycles. The molecule has 4 rings (SSSR count). The molecule has 1 aromatic rings. The monoisotopic (exact) mass is 832 g/mol. The van der Waals surface area contributed by atoms with Crippen LogP contribution in [0.2, 0.25) is 0 Å². The van der Waals surface area contributed by atoms with Crippen LogP contribution in [0.5, 0.6) is 0 Å². The van der Waals surface area contributed by atoms with Crippen LogP contribution in [0.3, 0.4) is 0 Å². The molecular formula is C51H93N9. The van der Waals surface area contributed by atoms with Crippen molar-refractivity contribution in [1.29, 1.82) is 0 Å². The van der Waals surface area contributed by atoms with Crippen molar-refractivity contribution in [3.05, 3.63) is 38.0 Å². The molecule has 0 saturated carbocycles. The van der Waals surface area contributed by atoms with Crippen molar-refractivity contribution in [2.75, 3.05) is 34.3 Å². The minimum absolute atomic E-state index is 0.0191. The van der Waals surface area contributed by atoms with E-state index >= 15 is 0 Å². The quantitative estimate of drug-likeness (QED) is 0.105. The lowest BCUT2D eigenvalue weighted by molar-refractivity contribution is 0.199. The molecule has 0 aliphatic carbocycles. The Morgan fingerprint density at radius 1 is 0.517 bits per heavy atom. The van der Waals surface area contributed by atoms with Gasteiger partial charge in [0.2, 0.25) is 17.8 Å². The van der Waals surface area contributed by atoms with Crippen LogP contribution in [-0.4, -0.2) is 87.5 Å². The van der Waals surface area contributed by atoms with Gasteiger partial charge in [0.15, 0.2) is 0 Å². The van der Waals surface area contributed by atoms with Crippen LogP contribution in [0.4, 0.5) is 17.8 Å². The van der Waals surface area contributed by atoms with Crippen LogP contribution in [0.1, 0.15) is 181 Å². The van der Waals surface area contributed by atoms with Gasteiger partial charge in [-0.15, -0.1) is 19.7 Å². The first-order chi connectivity index (χ1) is 27.9. The zero-order chi connectivity index (χ0) is 44.9. The summed E-state index contributed by atoms with van der Waals surface area (Å²) in [5.74, 6) is 2.46. The smallest absolute Gasteiger partial charge is 0.232 e. The van der Waals surface area contributed by atoms with Gasteiger partial charge in [-0.25, -0.2) is 0 Å². The molecule has 1 aromatic heterocycles. The number of hydrogen-bond acceptors (Lipinski definition) is 9. The summed E-state index contributed by atoms with van der Waals surface area (Å²) in [6.07, 6.45) is 18.1. The number of nitrogens with one attached hydrogen (secondary N) is 3.